The summed E-state index contributed by atoms with van der Waals surface area (Å²) in [7, 11) is 0.349. The molecule has 1 aromatic carbocycles. The van der Waals surface area contributed by atoms with Crippen molar-refractivity contribution in [2.75, 3.05) is 45.2 Å². The van der Waals surface area contributed by atoms with Crippen molar-refractivity contribution in [3.63, 3.8) is 0 Å². The molecule has 0 saturated carbocycles. The number of pyridine rings is 1. The fourth-order valence-corrected chi connectivity index (χ4v) is 6.82. The average Bonchev–Trinajstić information content (AvgIpc) is 3.12. The van der Waals surface area contributed by atoms with Crippen LogP contribution in [-0.4, -0.2) is 73.4 Å². The Morgan fingerprint density at radius 2 is 1.61 bits per heavy atom. The number of fused-ring (bicyclic) bond motifs is 1. The average molecular weight is 510 g/mol. The van der Waals surface area contributed by atoms with Crippen molar-refractivity contribution in [2.24, 2.45) is 0 Å². The summed E-state index contributed by atoms with van der Waals surface area (Å²) in [6, 6.07) is 11.2. The Hall–Kier alpha value is -2.91. The van der Waals surface area contributed by atoms with E-state index in [1.165, 1.54) is 12.8 Å². The van der Waals surface area contributed by atoms with Crippen LogP contribution < -0.4 is 4.90 Å². The van der Waals surface area contributed by atoms with Crippen LogP contribution in [-0.2, 0) is 10.0 Å². The maximum absolute atomic E-state index is 13.3. The molecule has 36 heavy (non-hydrogen) atoms. The van der Waals surface area contributed by atoms with E-state index < -0.39 is 10.0 Å². The molecule has 0 aliphatic carbocycles. The number of hydrogen-bond donors (Lipinski definition) is 0. The number of carbonyl (C=O) groups excluding carboxylic acids is 1. The van der Waals surface area contributed by atoms with Crippen molar-refractivity contribution in [1.29, 1.82) is 0 Å². The summed E-state index contributed by atoms with van der Waals surface area (Å²) in [5.41, 5.74) is 3.59. The van der Waals surface area contributed by atoms with E-state index >= 15 is 0 Å². The van der Waals surface area contributed by atoms with E-state index in [4.69, 9.17) is 0 Å². The Morgan fingerprint density at radius 1 is 0.944 bits per heavy atom. The minimum atomic E-state index is -3.52. The van der Waals surface area contributed by atoms with Gasteiger partial charge in [-0.15, -0.1) is 0 Å². The summed E-state index contributed by atoms with van der Waals surface area (Å²) < 4.78 is 29.8. The summed E-state index contributed by atoms with van der Waals surface area (Å²) in [4.78, 5) is 17.5. The Labute approximate surface area is 213 Å². The van der Waals surface area contributed by atoms with Crippen molar-refractivity contribution < 1.29 is 13.2 Å². The van der Waals surface area contributed by atoms with E-state index in [-0.39, 0.29) is 11.8 Å². The normalized spacial score (nSPS) is 18.3. The number of aromatic nitrogens is 2. The zero-order chi connectivity index (χ0) is 25.3. The first kappa shape index (κ1) is 24.8. The van der Waals surface area contributed by atoms with Gasteiger partial charge < -0.3 is 9.80 Å². The van der Waals surface area contributed by atoms with Crippen molar-refractivity contribution in [2.45, 2.75) is 49.3 Å². The van der Waals surface area contributed by atoms with Crippen LogP contribution in [0.25, 0.3) is 5.52 Å². The smallest absolute Gasteiger partial charge is 0.257 e. The number of nitrogens with zero attached hydrogens (tertiary/aromatic N) is 5. The SMILES string of the molecule is CN(C)c1ccc(S(=O)(=O)N2CCC(c3ccn4ncc(C(=O)N5CCCCCC5)c4c3)CC2)cc1. The maximum atomic E-state index is 13.3. The second-order valence-corrected chi connectivity index (χ2v) is 12.1. The zero-order valence-electron chi connectivity index (χ0n) is 21.1. The largest absolute Gasteiger partial charge is 0.378 e. The molecule has 192 valence electrons. The van der Waals surface area contributed by atoms with E-state index in [1.807, 2.05) is 42.2 Å². The predicted molar refractivity (Wildman–Crippen MR) is 141 cm³/mol. The number of piperidine rings is 1. The van der Waals surface area contributed by atoms with Crippen LogP contribution in [0.3, 0.4) is 0 Å². The van der Waals surface area contributed by atoms with Crippen LogP contribution in [0.4, 0.5) is 5.69 Å². The van der Waals surface area contributed by atoms with Gasteiger partial charge in [0.05, 0.1) is 22.2 Å². The van der Waals surface area contributed by atoms with Crippen LogP contribution in [0.1, 0.15) is 60.4 Å². The summed E-state index contributed by atoms with van der Waals surface area (Å²) >= 11 is 0. The third-order valence-corrected chi connectivity index (χ3v) is 9.50. The summed E-state index contributed by atoms with van der Waals surface area (Å²) in [5, 5.41) is 4.42. The molecule has 0 atom stereocenters. The highest BCUT2D eigenvalue weighted by Gasteiger charge is 2.30. The second kappa shape index (κ2) is 10.2. The quantitative estimate of drug-likeness (QED) is 0.520. The summed E-state index contributed by atoms with van der Waals surface area (Å²) in [6.45, 7) is 2.57. The third-order valence-electron chi connectivity index (χ3n) is 7.59. The van der Waals surface area contributed by atoms with Gasteiger partial charge >= 0.3 is 0 Å². The molecule has 0 spiro atoms. The van der Waals surface area contributed by atoms with Crippen molar-refractivity contribution in [1.82, 2.24) is 18.8 Å². The first-order chi connectivity index (χ1) is 17.3. The molecule has 2 aliphatic rings. The Balaban J connectivity index is 1.30. The number of hydrogen-bond acceptors (Lipinski definition) is 5. The monoisotopic (exact) mass is 509 g/mol. The lowest BCUT2D eigenvalue weighted by atomic mass is 9.90. The number of benzene rings is 1. The number of sulfonamides is 1. The molecule has 3 aromatic rings. The van der Waals surface area contributed by atoms with Gasteiger partial charge in [-0.05, 0) is 73.6 Å². The van der Waals surface area contributed by atoms with Crippen LogP contribution in [0.2, 0.25) is 0 Å². The number of anilines is 1. The van der Waals surface area contributed by atoms with E-state index in [2.05, 4.69) is 17.2 Å². The molecule has 8 nitrogen and oxygen atoms in total. The fourth-order valence-electron chi connectivity index (χ4n) is 5.35. The number of carbonyl (C=O) groups is 1. The Kier molecular flexibility index (Phi) is 7.03. The van der Waals surface area contributed by atoms with Gasteiger partial charge in [-0.2, -0.15) is 9.40 Å². The Morgan fingerprint density at radius 3 is 2.25 bits per heavy atom. The highest BCUT2D eigenvalue weighted by atomic mass is 32.2. The molecule has 5 rings (SSSR count). The van der Waals surface area contributed by atoms with Crippen LogP contribution in [0.15, 0.2) is 53.7 Å². The summed E-state index contributed by atoms with van der Waals surface area (Å²) in [5.74, 6) is 0.304. The van der Waals surface area contributed by atoms with Crippen LogP contribution >= 0.6 is 0 Å². The first-order valence-electron chi connectivity index (χ1n) is 12.9. The second-order valence-electron chi connectivity index (χ2n) is 10.1. The molecule has 0 unspecified atom stereocenters. The van der Waals surface area contributed by atoms with Gasteiger partial charge in [-0.1, -0.05) is 12.8 Å². The molecule has 2 saturated heterocycles. The van der Waals surface area contributed by atoms with Gasteiger partial charge in [0, 0.05) is 52.2 Å². The van der Waals surface area contributed by atoms with E-state index in [0.717, 1.165) is 55.5 Å². The Bertz CT molecular complexity index is 1320. The van der Waals surface area contributed by atoms with Gasteiger partial charge in [-0.3, -0.25) is 4.79 Å². The molecule has 0 N–H and O–H groups in total. The molecule has 0 radical (unpaired) electrons. The molecule has 2 aliphatic heterocycles. The molecular weight excluding hydrogens is 474 g/mol. The minimum Gasteiger partial charge on any atom is -0.378 e. The maximum Gasteiger partial charge on any atom is 0.257 e. The van der Waals surface area contributed by atoms with Crippen molar-refractivity contribution >= 4 is 27.1 Å². The lowest BCUT2D eigenvalue weighted by Gasteiger charge is -2.31. The fraction of sp³-hybridized carbons (Fsp3) is 0.481. The standard InChI is InChI=1S/C27H35N5O3S/c1-29(2)23-7-9-24(10-8-23)36(34,35)31-16-11-21(12-17-31)22-13-18-32-26(19-22)25(20-28-32)27(33)30-14-5-3-4-6-15-30/h7-10,13,18-21H,3-6,11-12,14-17H2,1-2H3. The lowest BCUT2D eigenvalue weighted by molar-refractivity contribution is 0.0763. The van der Waals surface area contributed by atoms with Gasteiger partial charge in [-0.25, -0.2) is 12.9 Å². The van der Waals surface area contributed by atoms with Crippen LogP contribution in [0.5, 0.6) is 0 Å². The van der Waals surface area contributed by atoms with Gasteiger partial charge in [0.25, 0.3) is 5.91 Å². The highest BCUT2D eigenvalue weighted by Crippen LogP contribution is 2.32. The predicted octanol–water partition coefficient (Wildman–Crippen LogP) is 3.98. The van der Waals surface area contributed by atoms with Crippen LogP contribution in [0, 0.1) is 0 Å². The minimum absolute atomic E-state index is 0.0604. The molecule has 2 aromatic heterocycles. The molecule has 4 heterocycles. The van der Waals surface area contributed by atoms with Crippen molar-refractivity contribution in [3.05, 3.63) is 59.9 Å². The number of likely N-dealkylation sites (tertiary alicyclic amines) is 1. The zero-order valence-corrected chi connectivity index (χ0v) is 22.0. The van der Waals surface area contributed by atoms with Gasteiger partial charge in [0.15, 0.2) is 0 Å². The molecule has 0 bridgehead atoms. The van der Waals surface area contributed by atoms with E-state index in [9.17, 15) is 13.2 Å². The summed E-state index contributed by atoms with van der Waals surface area (Å²) in [6.07, 6.45) is 9.55. The number of amides is 1. The van der Waals surface area contributed by atoms with Gasteiger partial charge in [0.1, 0.15) is 0 Å². The molecule has 2 fully saturated rings. The molecular formula is C27H35N5O3S. The topological polar surface area (TPSA) is 78.2 Å². The van der Waals surface area contributed by atoms with E-state index in [0.29, 0.717) is 23.5 Å². The molecule has 1 amide bonds. The highest BCUT2D eigenvalue weighted by molar-refractivity contribution is 7.89. The third kappa shape index (κ3) is 4.86. The molecule has 9 heteroatoms. The first-order valence-corrected chi connectivity index (χ1v) is 14.3. The van der Waals surface area contributed by atoms with Gasteiger partial charge in [0.2, 0.25) is 10.0 Å². The lowest BCUT2D eigenvalue weighted by Crippen LogP contribution is -2.37. The number of rotatable bonds is 5. The van der Waals surface area contributed by atoms with E-state index in [1.54, 1.807) is 27.2 Å². The van der Waals surface area contributed by atoms with Crippen molar-refractivity contribution in [3.8, 4) is 0 Å².